The summed E-state index contributed by atoms with van der Waals surface area (Å²) in [5.74, 6) is 1.18. The second-order valence-corrected chi connectivity index (χ2v) is 4.15. The molecule has 0 saturated carbocycles. The van der Waals surface area contributed by atoms with Gasteiger partial charge >= 0.3 is 0 Å². The van der Waals surface area contributed by atoms with Crippen molar-refractivity contribution in [3.05, 3.63) is 59.2 Å². The van der Waals surface area contributed by atoms with Gasteiger partial charge in [0.2, 0.25) is 0 Å². The molecule has 0 unspecified atom stereocenters. The highest BCUT2D eigenvalue weighted by molar-refractivity contribution is 5.70. The normalized spacial score (nSPS) is 10.8. The molecule has 0 aliphatic heterocycles. The first-order valence-corrected chi connectivity index (χ1v) is 5.81. The third-order valence-electron chi connectivity index (χ3n) is 2.80. The van der Waals surface area contributed by atoms with Crippen LogP contribution in [0.15, 0.2) is 42.5 Å². The summed E-state index contributed by atoms with van der Waals surface area (Å²) in [5, 5.41) is 9.45. The first-order chi connectivity index (χ1) is 8.69. The summed E-state index contributed by atoms with van der Waals surface area (Å²) in [6.07, 6.45) is 4.06. The number of hydrogen-bond acceptors (Lipinski definition) is 2. The van der Waals surface area contributed by atoms with Crippen LogP contribution in [0.5, 0.6) is 11.5 Å². The molecule has 0 fully saturated rings. The van der Waals surface area contributed by atoms with Gasteiger partial charge in [-0.05, 0) is 47.9 Å². The SMILES string of the molecule is COc1ccc(/C=C/c2ccc(O)c(C)c2)cc1. The molecule has 0 spiro atoms. The van der Waals surface area contributed by atoms with Gasteiger partial charge in [0.15, 0.2) is 0 Å². The Morgan fingerprint density at radius 1 is 0.944 bits per heavy atom. The zero-order chi connectivity index (χ0) is 13.0. The molecule has 0 radical (unpaired) electrons. The minimum absolute atomic E-state index is 0.330. The average Bonchev–Trinajstić information content (AvgIpc) is 2.41. The molecule has 0 amide bonds. The lowest BCUT2D eigenvalue weighted by Gasteiger charge is -2.01. The predicted molar refractivity (Wildman–Crippen MR) is 74.8 cm³/mol. The molecule has 2 heteroatoms. The average molecular weight is 240 g/mol. The highest BCUT2D eigenvalue weighted by Crippen LogP contribution is 2.19. The number of benzene rings is 2. The number of aromatic hydroxyl groups is 1. The van der Waals surface area contributed by atoms with Crippen molar-refractivity contribution >= 4 is 12.2 Å². The maximum atomic E-state index is 9.45. The lowest BCUT2D eigenvalue weighted by Crippen LogP contribution is -1.81. The highest BCUT2D eigenvalue weighted by Gasteiger charge is 1.95. The molecule has 0 aliphatic carbocycles. The zero-order valence-electron chi connectivity index (χ0n) is 10.6. The number of methoxy groups -OCH3 is 1. The molecule has 0 bridgehead atoms. The summed E-state index contributed by atoms with van der Waals surface area (Å²) in [6, 6.07) is 13.4. The van der Waals surface area contributed by atoms with Crippen LogP contribution >= 0.6 is 0 Å². The predicted octanol–water partition coefficient (Wildman–Crippen LogP) is 3.88. The van der Waals surface area contributed by atoms with Crippen molar-refractivity contribution < 1.29 is 9.84 Å². The van der Waals surface area contributed by atoms with Crippen LogP contribution in [0.2, 0.25) is 0 Å². The summed E-state index contributed by atoms with van der Waals surface area (Å²) >= 11 is 0. The summed E-state index contributed by atoms with van der Waals surface area (Å²) in [5.41, 5.74) is 3.06. The fourth-order valence-electron chi connectivity index (χ4n) is 1.69. The monoisotopic (exact) mass is 240 g/mol. The van der Waals surface area contributed by atoms with Crippen molar-refractivity contribution in [2.75, 3.05) is 7.11 Å². The van der Waals surface area contributed by atoms with E-state index in [4.69, 9.17) is 4.74 Å². The van der Waals surface area contributed by atoms with Crippen molar-refractivity contribution in [1.82, 2.24) is 0 Å². The Balaban J connectivity index is 2.16. The van der Waals surface area contributed by atoms with Gasteiger partial charge in [-0.3, -0.25) is 0 Å². The Hall–Kier alpha value is -2.22. The van der Waals surface area contributed by atoms with E-state index in [-0.39, 0.29) is 0 Å². The standard InChI is InChI=1S/C16H16O2/c1-12-11-14(7-10-16(12)17)4-3-13-5-8-15(18-2)9-6-13/h3-11,17H,1-2H3/b4-3+. The minimum Gasteiger partial charge on any atom is -0.508 e. The Labute approximate surface area is 107 Å². The van der Waals surface area contributed by atoms with E-state index >= 15 is 0 Å². The van der Waals surface area contributed by atoms with E-state index in [1.54, 1.807) is 13.2 Å². The quantitative estimate of drug-likeness (QED) is 0.825. The van der Waals surface area contributed by atoms with Gasteiger partial charge in [0.25, 0.3) is 0 Å². The van der Waals surface area contributed by atoms with E-state index in [0.717, 1.165) is 22.4 Å². The molecule has 2 aromatic rings. The number of rotatable bonds is 3. The van der Waals surface area contributed by atoms with Gasteiger partial charge < -0.3 is 9.84 Å². The van der Waals surface area contributed by atoms with Crippen LogP contribution in [0, 0.1) is 6.92 Å². The first kappa shape index (κ1) is 12.2. The maximum absolute atomic E-state index is 9.45. The van der Waals surface area contributed by atoms with Gasteiger partial charge in [-0.15, -0.1) is 0 Å². The number of aryl methyl sites for hydroxylation is 1. The maximum Gasteiger partial charge on any atom is 0.118 e. The molecule has 1 N–H and O–H groups in total. The Morgan fingerprint density at radius 2 is 1.56 bits per heavy atom. The van der Waals surface area contributed by atoms with E-state index in [1.165, 1.54) is 0 Å². The molecule has 0 aromatic heterocycles. The minimum atomic E-state index is 0.330. The van der Waals surface area contributed by atoms with E-state index in [2.05, 4.69) is 0 Å². The molecule has 0 heterocycles. The van der Waals surface area contributed by atoms with Gasteiger partial charge in [-0.25, -0.2) is 0 Å². The van der Waals surface area contributed by atoms with Gasteiger partial charge in [0, 0.05) is 0 Å². The second kappa shape index (κ2) is 5.41. The summed E-state index contributed by atoms with van der Waals surface area (Å²) in [7, 11) is 1.66. The summed E-state index contributed by atoms with van der Waals surface area (Å²) in [4.78, 5) is 0. The van der Waals surface area contributed by atoms with Gasteiger partial charge in [-0.1, -0.05) is 30.4 Å². The van der Waals surface area contributed by atoms with Crippen LogP contribution in [0.3, 0.4) is 0 Å². The largest absolute Gasteiger partial charge is 0.508 e. The van der Waals surface area contributed by atoms with Gasteiger partial charge in [-0.2, -0.15) is 0 Å². The number of ether oxygens (including phenoxy) is 1. The van der Waals surface area contributed by atoms with Crippen LogP contribution < -0.4 is 4.74 Å². The fraction of sp³-hybridized carbons (Fsp3) is 0.125. The highest BCUT2D eigenvalue weighted by atomic mass is 16.5. The number of hydrogen-bond donors (Lipinski definition) is 1. The zero-order valence-corrected chi connectivity index (χ0v) is 10.6. The molecule has 0 saturated heterocycles. The molecule has 92 valence electrons. The second-order valence-electron chi connectivity index (χ2n) is 4.15. The first-order valence-electron chi connectivity index (χ1n) is 5.81. The molecule has 18 heavy (non-hydrogen) atoms. The number of phenolic OH excluding ortho intramolecular Hbond substituents is 1. The molecule has 0 atom stereocenters. The Kier molecular flexibility index (Phi) is 3.68. The smallest absolute Gasteiger partial charge is 0.118 e. The van der Waals surface area contributed by atoms with Gasteiger partial charge in [0.1, 0.15) is 11.5 Å². The van der Waals surface area contributed by atoms with Crippen LogP contribution in [0.25, 0.3) is 12.2 Å². The Bertz CT molecular complexity index is 554. The van der Waals surface area contributed by atoms with Gasteiger partial charge in [0.05, 0.1) is 7.11 Å². The van der Waals surface area contributed by atoms with Crippen molar-refractivity contribution in [3.8, 4) is 11.5 Å². The van der Waals surface area contributed by atoms with Crippen LogP contribution in [0.1, 0.15) is 16.7 Å². The third-order valence-corrected chi connectivity index (χ3v) is 2.80. The molecular formula is C16H16O2. The van der Waals surface area contributed by atoms with Crippen molar-refractivity contribution in [3.63, 3.8) is 0 Å². The number of phenols is 1. The molecule has 0 aliphatic rings. The van der Waals surface area contributed by atoms with Crippen LogP contribution in [-0.4, -0.2) is 12.2 Å². The van der Waals surface area contributed by atoms with Crippen LogP contribution in [-0.2, 0) is 0 Å². The lowest BCUT2D eigenvalue weighted by atomic mass is 10.1. The van der Waals surface area contributed by atoms with Crippen molar-refractivity contribution in [2.45, 2.75) is 6.92 Å². The van der Waals surface area contributed by atoms with E-state index in [1.807, 2.05) is 55.5 Å². The van der Waals surface area contributed by atoms with E-state index in [9.17, 15) is 5.11 Å². The Morgan fingerprint density at radius 3 is 2.17 bits per heavy atom. The lowest BCUT2D eigenvalue weighted by molar-refractivity contribution is 0.415. The summed E-state index contributed by atoms with van der Waals surface area (Å²) in [6.45, 7) is 1.89. The fourth-order valence-corrected chi connectivity index (χ4v) is 1.69. The third kappa shape index (κ3) is 2.92. The molecule has 2 rings (SSSR count). The molecular weight excluding hydrogens is 224 g/mol. The topological polar surface area (TPSA) is 29.5 Å². The summed E-state index contributed by atoms with van der Waals surface area (Å²) < 4.78 is 5.11. The van der Waals surface area contributed by atoms with E-state index < -0.39 is 0 Å². The van der Waals surface area contributed by atoms with E-state index in [0.29, 0.717) is 5.75 Å². The van der Waals surface area contributed by atoms with Crippen molar-refractivity contribution in [2.24, 2.45) is 0 Å². The molecule has 2 aromatic carbocycles. The van der Waals surface area contributed by atoms with Crippen molar-refractivity contribution in [1.29, 1.82) is 0 Å². The van der Waals surface area contributed by atoms with Crippen LogP contribution in [0.4, 0.5) is 0 Å². The molecule has 2 nitrogen and oxygen atoms in total.